The van der Waals surface area contributed by atoms with Crippen molar-refractivity contribution in [2.75, 3.05) is 11.1 Å². The Balaban J connectivity index is 1.57. The summed E-state index contributed by atoms with van der Waals surface area (Å²) in [4.78, 5) is 25.0. The zero-order valence-electron chi connectivity index (χ0n) is 12.3. The van der Waals surface area contributed by atoms with Crippen LogP contribution in [0.2, 0.25) is 0 Å². The number of carbonyl (C=O) groups excluding carboxylic acids is 1. The lowest BCUT2D eigenvalue weighted by atomic mass is 10.3. The monoisotopic (exact) mass is 332 g/mol. The van der Waals surface area contributed by atoms with Gasteiger partial charge in [0.25, 0.3) is 0 Å². The fourth-order valence-corrected chi connectivity index (χ4v) is 3.44. The molecule has 0 saturated heterocycles. The number of para-hydroxylation sites is 2. The molecule has 5 nitrogen and oxygen atoms in total. The summed E-state index contributed by atoms with van der Waals surface area (Å²) >= 11 is 3.03. The number of rotatable bonds is 5. The molecule has 0 aliphatic rings. The quantitative estimate of drug-likeness (QED) is 0.746. The van der Waals surface area contributed by atoms with Crippen molar-refractivity contribution in [3.05, 3.63) is 41.2 Å². The number of hydrogen-bond acceptors (Lipinski definition) is 5. The smallest absolute Gasteiger partial charge is 0.236 e. The molecule has 0 saturated carbocycles. The third-order valence-electron chi connectivity index (χ3n) is 3.12. The number of hydrogen-bond donors (Lipinski definition) is 2. The number of thiazole rings is 1. The Morgan fingerprint density at radius 3 is 3.00 bits per heavy atom. The molecule has 0 aliphatic carbocycles. The van der Waals surface area contributed by atoms with Crippen molar-refractivity contribution < 1.29 is 4.79 Å². The second-order valence-electron chi connectivity index (χ2n) is 4.92. The molecule has 1 unspecified atom stereocenters. The number of aromatic nitrogens is 3. The largest absolute Gasteiger partial charge is 0.341 e. The van der Waals surface area contributed by atoms with Gasteiger partial charge in [-0.2, -0.15) is 0 Å². The van der Waals surface area contributed by atoms with Gasteiger partial charge in [0.2, 0.25) is 5.91 Å². The lowest BCUT2D eigenvalue weighted by Gasteiger charge is -2.07. The predicted molar refractivity (Wildman–Crippen MR) is 92.4 cm³/mol. The van der Waals surface area contributed by atoms with E-state index in [1.807, 2.05) is 38.1 Å². The summed E-state index contributed by atoms with van der Waals surface area (Å²) in [5.41, 5.74) is 1.97. The first-order valence-electron chi connectivity index (χ1n) is 6.90. The molecular formula is C15H16N4OS2. The first kappa shape index (κ1) is 15.1. The minimum Gasteiger partial charge on any atom is -0.341 e. The maximum atomic E-state index is 11.9. The molecule has 1 atom stereocenters. The van der Waals surface area contributed by atoms with Gasteiger partial charge in [0.15, 0.2) is 5.13 Å². The summed E-state index contributed by atoms with van der Waals surface area (Å²) < 4.78 is 0. The van der Waals surface area contributed by atoms with Gasteiger partial charge in [-0.25, -0.2) is 9.97 Å². The van der Waals surface area contributed by atoms with E-state index in [0.717, 1.165) is 21.7 Å². The Morgan fingerprint density at radius 2 is 2.27 bits per heavy atom. The fraction of sp³-hybridized carbons (Fsp3) is 0.267. The van der Waals surface area contributed by atoms with Crippen LogP contribution in [0, 0.1) is 6.92 Å². The summed E-state index contributed by atoms with van der Waals surface area (Å²) in [6.07, 6.45) is 1.75. The highest BCUT2D eigenvalue weighted by molar-refractivity contribution is 8.00. The van der Waals surface area contributed by atoms with Crippen LogP contribution in [0.25, 0.3) is 11.0 Å². The number of amides is 1. The highest BCUT2D eigenvalue weighted by Crippen LogP contribution is 2.28. The lowest BCUT2D eigenvalue weighted by molar-refractivity contribution is -0.113. The highest BCUT2D eigenvalue weighted by atomic mass is 32.2. The molecule has 0 aliphatic heterocycles. The molecule has 3 rings (SSSR count). The third-order valence-corrected chi connectivity index (χ3v) is 5.11. The molecule has 2 N–H and O–H groups in total. The number of thioether (sulfide) groups is 1. The van der Waals surface area contributed by atoms with Crippen molar-refractivity contribution in [3.8, 4) is 0 Å². The third kappa shape index (κ3) is 3.48. The Kier molecular flexibility index (Phi) is 4.44. The first-order chi connectivity index (χ1) is 10.6. The van der Waals surface area contributed by atoms with E-state index in [2.05, 4.69) is 20.3 Å². The normalized spacial score (nSPS) is 12.5. The number of nitrogens with one attached hydrogen (secondary N) is 2. The summed E-state index contributed by atoms with van der Waals surface area (Å²) in [6.45, 7) is 4.01. The number of aromatic amines is 1. The van der Waals surface area contributed by atoms with Crippen molar-refractivity contribution in [2.45, 2.75) is 19.1 Å². The van der Waals surface area contributed by atoms with Crippen molar-refractivity contribution >= 4 is 45.2 Å². The van der Waals surface area contributed by atoms with Gasteiger partial charge in [0.05, 0.1) is 22.0 Å². The molecule has 1 amide bonds. The zero-order chi connectivity index (χ0) is 15.5. The van der Waals surface area contributed by atoms with Crippen molar-refractivity contribution in [3.63, 3.8) is 0 Å². The van der Waals surface area contributed by atoms with Crippen LogP contribution < -0.4 is 5.32 Å². The summed E-state index contributed by atoms with van der Waals surface area (Å²) in [5, 5.41) is 3.59. The molecule has 1 aromatic carbocycles. The molecule has 2 aromatic heterocycles. The fourth-order valence-electron chi connectivity index (χ4n) is 2.01. The molecule has 0 radical (unpaired) electrons. The lowest BCUT2D eigenvalue weighted by Crippen LogP contribution is -2.14. The van der Waals surface area contributed by atoms with E-state index < -0.39 is 0 Å². The molecule has 22 heavy (non-hydrogen) atoms. The summed E-state index contributed by atoms with van der Waals surface area (Å²) in [6, 6.07) is 7.92. The molecule has 0 bridgehead atoms. The van der Waals surface area contributed by atoms with E-state index in [1.165, 1.54) is 11.3 Å². The van der Waals surface area contributed by atoms with Crippen LogP contribution in [0.4, 0.5) is 5.13 Å². The number of imidazole rings is 1. The Labute approximate surface area is 136 Å². The van der Waals surface area contributed by atoms with Gasteiger partial charge in [-0.15, -0.1) is 23.1 Å². The number of nitrogens with zero attached hydrogens (tertiary/aromatic N) is 2. The number of carbonyl (C=O) groups is 1. The van der Waals surface area contributed by atoms with Gasteiger partial charge in [0, 0.05) is 11.1 Å². The Morgan fingerprint density at radius 1 is 1.45 bits per heavy atom. The number of H-pyrrole nitrogens is 1. The van der Waals surface area contributed by atoms with Crippen LogP contribution in [-0.2, 0) is 4.79 Å². The van der Waals surface area contributed by atoms with Crippen LogP contribution in [-0.4, -0.2) is 26.6 Å². The maximum Gasteiger partial charge on any atom is 0.236 e. The van der Waals surface area contributed by atoms with Gasteiger partial charge in [-0.3, -0.25) is 4.79 Å². The van der Waals surface area contributed by atoms with E-state index in [-0.39, 0.29) is 11.2 Å². The van der Waals surface area contributed by atoms with Crippen LogP contribution >= 0.6 is 23.1 Å². The minimum absolute atomic E-state index is 0.0395. The van der Waals surface area contributed by atoms with Gasteiger partial charge >= 0.3 is 0 Å². The average Bonchev–Trinajstić information content (AvgIpc) is 3.10. The van der Waals surface area contributed by atoms with Crippen LogP contribution in [0.15, 0.2) is 30.5 Å². The molecule has 114 valence electrons. The number of aryl methyl sites for hydroxylation is 1. The SMILES string of the molecule is Cc1cnc(NC(=O)CSC(C)c2nc3ccccc3[nH]2)s1. The average molecular weight is 332 g/mol. The van der Waals surface area contributed by atoms with E-state index in [1.54, 1.807) is 18.0 Å². The van der Waals surface area contributed by atoms with Gasteiger partial charge in [0.1, 0.15) is 5.82 Å². The topological polar surface area (TPSA) is 70.7 Å². The Bertz CT molecular complexity index is 763. The van der Waals surface area contributed by atoms with Gasteiger partial charge in [-0.05, 0) is 26.0 Å². The summed E-state index contributed by atoms with van der Waals surface area (Å²) in [7, 11) is 0. The molecule has 0 fully saturated rings. The number of benzene rings is 1. The van der Waals surface area contributed by atoms with Crippen molar-refractivity contribution in [1.29, 1.82) is 0 Å². The molecule has 7 heteroatoms. The molecule has 3 aromatic rings. The predicted octanol–water partition coefficient (Wildman–Crippen LogP) is 3.76. The van der Waals surface area contributed by atoms with Crippen LogP contribution in [0.1, 0.15) is 22.9 Å². The summed E-state index contributed by atoms with van der Waals surface area (Å²) in [5.74, 6) is 1.23. The van der Waals surface area contributed by atoms with Crippen LogP contribution in [0.5, 0.6) is 0 Å². The molecular weight excluding hydrogens is 316 g/mol. The highest BCUT2D eigenvalue weighted by Gasteiger charge is 2.14. The second-order valence-corrected chi connectivity index (χ2v) is 7.48. The van der Waals surface area contributed by atoms with Crippen molar-refractivity contribution in [2.24, 2.45) is 0 Å². The van der Waals surface area contributed by atoms with Gasteiger partial charge in [-0.1, -0.05) is 12.1 Å². The van der Waals surface area contributed by atoms with Gasteiger partial charge < -0.3 is 10.3 Å². The number of fused-ring (bicyclic) bond motifs is 1. The number of anilines is 1. The first-order valence-corrected chi connectivity index (χ1v) is 8.77. The molecule has 2 heterocycles. The minimum atomic E-state index is -0.0395. The second kappa shape index (κ2) is 6.50. The maximum absolute atomic E-state index is 11.9. The van der Waals surface area contributed by atoms with E-state index >= 15 is 0 Å². The van der Waals surface area contributed by atoms with E-state index in [9.17, 15) is 4.79 Å². The van der Waals surface area contributed by atoms with Crippen LogP contribution in [0.3, 0.4) is 0 Å². The standard InChI is InChI=1S/C15H16N4OS2/c1-9-7-16-15(22-9)19-13(20)8-21-10(2)14-17-11-5-3-4-6-12(11)18-14/h3-7,10H,8H2,1-2H3,(H,17,18)(H,16,19,20). The zero-order valence-corrected chi connectivity index (χ0v) is 13.9. The molecule has 0 spiro atoms. The van der Waals surface area contributed by atoms with E-state index in [0.29, 0.717) is 10.9 Å². The Hall–Kier alpha value is -1.86. The van der Waals surface area contributed by atoms with E-state index in [4.69, 9.17) is 0 Å². The van der Waals surface area contributed by atoms with Crippen molar-refractivity contribution in [1.82, 2.24) is 15.0 Å².